The maximum Gasteiger partial charge on any atom is 0.267 e. The molecule has 1 N–H and O–H groups in total. The molecule has 0 radical (unpaired) electrons. The fraction of sp³-hybridized carbons (Fsp3) is 0.294. The molecule has 0 saturated heterocycles. The van der Waals surface area contributed by atoms with Crippen LogP contribution in [0.5, 0.6) is 0 Å². The van der Waals surface area contributed by atoms with Gasteiger partial charge in [0.15, 0.2) is 0 Å². The topological polar surface area (TPSA) is 90.0 Å². The molecule has 1 unspecified atom stereocenters. The van der Waals surface area contributed by atoms with Crippen LogP contribution in [-0.2, 0) is 17.6 Å². The molecule has 1 aliphatic carbocycles. The smallest absolute Gasteiger partial charge is 0.267 e. The summed E-state index contributed by atoms with van der Waals surface area (Å²) in [5.74, 6) is -0.129. The Balaban J connectivity index is 1.52. The molecule has 3 heterocycles. The first-order valence-corrected chi connectivity index (χ1v) is 8.93. The number of fused-ring (bicyclic) bond motifs is 1. The van der Waals surface area contributed by atoms with Crippen LogP contribution in [0.2, 0.25) is 0 Å². The summed E-state index contributed by atoms with van der Waals surface area (Å²) in [6.07, 6.45) is 2.72. The average molecular weight is 356 g/mol. The second kappa shape index (κ2) is 6.29. The van der Waals surface area contributed by atoms with E-state index >= 15 is 0 Å². The van der Waals surface area contributed by atoms with E-state index in [1.165, 1.54) is 16.0 Å². The Labute approximate surface area is 147 Å². The number of nitrogens with zero attached hydrogens (tertiary/aromatic N) is 3. The molecule has 128 valence electrons. The number of aromatic nitrogens is 3. The quantitative estimate of drug-likeness (QED) is 0.776. The van der Waals surface area contributed by atoms with Crippen molar-refractivity contribution >= 4 is 23.1 Å². The highest BCUT2D eigenvalue weighted by Crippen LogP contribution is 2.26. The third kappa shape index (κ3) is 3.00. The maximum absolute atomic E-state index is 12.5. The number of nitrogens with one attached hydrogen (secondary N) is 1. The standard InChI is InChI=1S/C17H16N4O3S/c1-10(21-16(22)8-11-4-2-5-12(11)19-21)17(23)18-15-9-13(20-24-15)14-6-3-7-25-14/h3,6-10H,2,4-5H2,1H3,(H,18,23). The van der Waals surface area contributed by atoms with Crippen LogP contribution in [0.4, 0.5) is 5.88 Å². The Kier molecular flexibility index (Phi) is 3.96. The molecule has 0 fully saturated rings. The van der Waals surface area contributed by atoms with Crippen LogP contribution in [0, 0.1) is 0 Å². The van der Waals surface area contributed by atoms with Crippen LogP contribution in [0.3, 0.4) is 0 Å². The monoisotopic (exact) mass is 356 g/mol. The molecule has 8 heteroatoms. The van der Waals surface area contributed by atoms with Crippen LogP contribution < -0.4 is 10.9 Å². The number of carbonyl (C=O) groups excluding carboxylic acids is 1. The predicted octanol–water partition coefficient (Wildman–Crippen LogP) is 2.65. The van der Waals surface area contributed by atoms with Crippen molar-refractivity contribution in [2.75, 3.05) is 5.32 Å². The maximum atomic E-state index is 12.5. The van der Waals surface area contributed by atoms with Gasteiger partial charge in [-0.3, -0.25) is 14.9 Å². The van der Waals surface area contributed by atoms with Gasteiger partial charge in [0.1, 0.15) is 11.7 Å². The highest BCUT2D eigenvalue weighted by atomic mass is 32.1. The van der Waals surface area contributed by atoms with Gasteiger partial charge in [0.25, 0.3) is 11.5 Å². The van der Waals surface area contributed by atoms with E-state index < -0.39 is 6.04 Å². The van der Waals surface area contributed by atoms with E-state index in [1.807, 2.05) is 17.5 Å². The van der Waals surface area contributed by atoms with Crippen LogP contribution in [0.15, 0.2) is 39.0 Å². The van der Waals surface area contributed by atoms with E-state index in [1.54, 1.807) is 19.1 Å². The van der Waals surface area contributed by atoms with Crippen LogP contribution >= 0.6 is 11.3 Å². The lowest BCUT2D eigenvalue weighted by Gasteiger charge is -2.13. The summed E-state index contributed by atoms with van der Waals surface area (Å²) < 4.78 is 6.40. The summed E-state index contributed by atoms with van der Waals surface area (Å²) in [7, 11) is 0. The second-order valence-electron chi connectivity index (χ2n) is 5.97. The molecule has 0 saturated carbocycles. The summed E-state index contributed by atoms with van der Waals surface area (Å²) in [4.78, 5) is 25.6. The van der Waals surface area contributed by atoms with Crippen molar-refractivity contribution in [2.24, 2.45) is 0 Å². The van der Waals surface area contributed by atoms with Gasteiger partial charge in [0.05, 0.1) is 10.6 Å². The van der Waals surface area contributed by atoms with Gasteiger partial charge < -0.3 is 4.52 Å². The molecule has 0 aliphatic heterocycles. The molecular weight excluding hydrogens is 340 g/mol. The first-order valence-electron chi connectivity index (χ1n) is 8.05. The third-order valence-corrected chi connectivity index (χ3v) is 5.15. The number of rotatable bonds is 4. The molecule has 25 heavy (non-hydrogen) atoms. The molecule has 7 nitrogen and oxygen atoms in total. The molecule has 4 rings (SSSR count). The van der Waals surface area contributed by atoms with E-state index in [-0.39, 0.29) is 17.4 Å². The van der Waals surface area contributed by atoms with Gasteiger partial charge in [-0.2, -0.15) is 5.10 Å². The molecule has 1 amide bonds. The molecule has 0 bridgehead atoms. The lowest BCUT2D eigenvalue weighted by molar-refractivity contribution is -0.119. The zero-order valence-electron chi connectivity index (χ0n) is 13.6. The number of anilines is 1. The van der Waals surface area contributed by atoms with Gasteiger partial charge in [-0.1, -0.05) is 11.2 Å². The van der Waals surface area contributed by atoms with Gasteiger partial charge in [0.2, 0.25) is 5.88 Å². The minimum atomic E-state index is -0.742. The normalized spacial score (nSPS) is 14.3. The third-order valence-electron chi connectivity index (χ3n) is 4.26. The highest BCUT2D eigenvalue weighted by molar-refractivity contribution is 7.13. The number of aryl methyl sites for hydroxylation is 2. The van der Waals surface area contributed by atoms with Crippen molar-refractivity contribution in [1.82, 2.24) is 14.9 Å². The highest BCUT2D eigenvalue weighted by Gasteiger charge is 2.22. The Morgan fingerprint density at radius 2 is 2.28 bits per heavy atom. The van der Waals surface area contributed by atoms with E-state index in [2.05, 4.69) is 15.6 Å². The summed E-state index contributed by atoms with van der Waals surface area (Å²) in [5.41, 5.74) is 2.29. The minimum absolute atomic E-state index is 0.245. The zero-order valence-corrected chi connectivity index (χ0v) is 14.4. The van der Waals surface area contributed by atoms with E-state index in [4.69, 9.17) is 4.52 Å². The molecule has 0 spiro atoms. The molecular formula is C17H16N4O3S. The first kappa shape index (κ1) is 15.8. The Morgan fingerprint density at radius 1 is 1.40 bits per heavy atom. The lowest BCUT2D eigenvalue weighted by Crippen LogP contribution is -2.33. The number of hydrogen-bond acceptors (Lipinski definition) is 6. The Hall–Kier alpha value is -2.74. The second-order valence-corrected chi connectivity index (χ2v) is 6.92. The zero-order chi connectivity index (χ0) is 17.4. The van der Waals surface area contributed by atoms with Gasteiger partial charge in [-0.25, -0.2) is 4.68 Å². The van der Waals surface area contributed by atoms with Gasteiger partial charge >= 0.3 is 0 Å². The Bertz CT molecular complexity index is 974. The first-order chi connectivity index (χ1) is 12.1. The van der Waals surface area contributed by atoms with Crippen molar-refractivity contribution in [1.29, 1.82) is 0 Å². The van der Waals surface area contributed by atoms with E-state index in [0.29, 0.717) is 5.69 Å². The van der Waals surface area contributed by atoms with Crippen molar-refractivity contribution in [2.45, 2.75) is 32.2 Å². The predicted molar refractivity (Wildman–Crippen MR) is 93.7 cm³/mol. The number of hydrogen-bond donors (Lipinski definition) is 1. The Morgan fingerprint density at radius 3 is 3.08 bits per heavy atom. The SMILES string of the molecule is CC(C(=O)Nc1cc(-c2cccs2)no1)n1nc2c(cc1=O)CCC2. The van der Waals surface area contributed by atoms with Crippen LogP contribution in [0.25, 0.3) is 10.6 Å². The average Bonchev–Trinajstić information content (AvgIpc) is 3.33. The van der Waals surface area contributed by atoms with E-state index in [9.17, 15) is 9.59 Å². The largest absolute Gasteiger partial charge is 0.338 e. The van der Waals surface area contributed by atoms with Crippen LogP contribution in [0.1, 0.15) is 30.6 Å². The van der Waals surface area contributed by atoms with E-state index in [0.717, 1.165) is 35.4 Å². The summed E-state index contributed by atoms with van der Waals surface area (Å²) in [6.45, 7) is 1.64. The van der Waals surface area contributed by atoms with Crippen molar-refractivity contribution in [3.63, 3.8) is 0 Å². The van der Waals surface area contributed by atoms with Gasteiger partial charge in [-0.15, -0.1) is 11.3 Å². The van der Waals surface area contributed by atoms with Gasteiger partial charge in [-0.05, 0) is 43.2 Å². The van der Waals surface area contributed by atoms with Crippen molar-refractivity contribution in [3.05, 3.63) is 51.3 Å². The number of carbonyl (C=O) groups is 1. The summed E-state index contributed by atoms with van der Waals surface area (Å²) >= 11 is 1.53. The lowest BCUT2D eigenvalue weighted by atomic mass is 10.2. The molecule has 1 atom stereocenters. The van der Waals surface area contributed by atoms with Gasteiger partial charge in [0, 0.05) is 12.1 Å². The summed E-state index contributed by atoms with van der Waals surface area (Å²) in [5, 5.41) is 12.9. The molecule has 3 aromatic rings. The summed E-state index contributed by atoms with van der Waals surface area (Å²) in [6, 6.07) is 6.34. The fourth-order valence-electron chi connectivity index (χ4n) is 2.90. The minimum Gasteiger partial charge on any atom is -0.338 e. The van der Waals surface area contributed by atoms with Crippen molar-refractivity contribution < 1.29 is 9.32 Å². The van der Waals surface area contributed by atoms with Crippen molar-refractivity contribution in [3.8, 4) is 10.6 Å². The number of amides is 1. The fourth-order valence-corrected chi connectivity index (χ4v) is 3.58. The number of thiophene rings is 1. The molecule has 3 aromatic heterocycles. The molecule has 1 aliphatic rings. The molecule has 0 aromatic carbocycles. The van der Waals surface area contributed by atoms with Crippen LogP contribution in [-0.4, -0.2) is 20.8 Å².